The molecule has 1 atom stereocenters. The Balaban J connectivity index is 4.55. The van der Waals surface area contributed by atoms with Gasteiger partial charge >= 0.3 is 12.2 Å². The molecular weight excluding hydrogens is 304 g/mol. The molecule has 1 unspecified atom stereocenters. The van der Waals surface area contributed by atoms with Crippen LogP contribution < -0.4 is 0 Å². The summed E-state index contributed by atoms with van der Waals surface area (Å²) in [4.78, 5) is 25.5. The fraction of sp³-hybridized carbons (Fsp3) is 0.600. The fourth-order valence-corrected chi connectivity index (χ4v) is 1.68. The van der Waals surface area contributed by atoms with E-state index in [2.05, 4.69) is 13.2 Å². The second-order valence-corrected chi connectivity index (χ2v) is 5.25. The van der Waals surface area contributed by atoms with Crippen molar-refractivity contribution in [2.45, 2.75) is 12.7 Å². The van der Waals surface area contributed by atoms with E-state index in [0.29, 0.717) is 0 Å². The number of ether oxygens (including phenoxy) is 2. The van der Waals surface area contributed by atoms with Crippen LogP contribution in [0.5, 0.6) is 0 Å². The van der Waals surface area contributed by atoms with Crippen LogP contribution >= 0.6 is 0 Å². The zero-order chi connectivity index (χ0) is 18.0. The maximum Gasteiger partial charge on any atom is 0.409 e. The summed E-state index contributed by atoms with van der Waals surface area (Å²) in [5, 5.41) is 20.3. The van der Waals surface area contributed by atoms with Gasteiger partial charge in [-0.05, 0) is 0 Å². The number of nitrogens with zero attached hydrogens (tertiary/aromatic N) is 2. The number of rotatable bonds is 9. The van der Waals surface area contributed by atoms with E-state index in [1.807, 2.05) is 0 Å². The zero-order valence-electron chi connectivity index (χ0n) is 13.9. The molecule has 0 rings (SSSR count). The summed E-state index contributed by atoms with van der Waals surface area (Å²) in [6.07, 6.45) is 1.53. The number of carbonyl (C=O) groups is 2. The summed E-state index contributed by atoms with van der Waals surface area (Å²) in [7, 11) is 2.85. The van der Waals surface area contributed by atoms with Crippen LogP contribution in [0.3, 0.4) is 0 Å². The monoisotopic (exact) mass is 330 g/mol. The van der Waals surface area contributed by atoms with Gasteiger partial charge in [-0.1, -0.05) is 32.2 Å². The summed E-state index contributed by atoms with van der Waals surface area (Å²) in [5.41, 5.74) is 0. The molecule has 0 fully saturated rings. The number of likely N-dealkylation sites (N-methyl/N-ethyl adjacent to an activating group) is 1. The highest BCUT2D eigenvalue weighted by Crippen LogP contribution is 2.17. The molecule has 0 saturated carbocycles. The van der Waals surface area contributed by atoms with Crippen molar-refractivity contribution in [1.29, 1.82) is 0 Å². The lowest BCUT2D eigenvalue weighted by Gasteiger charge is -2.34. The minimum Gasteiger partial charge on any atom is -0.445 e. The number of hydrogen-bond donors (Lipinski definition) is 2. The Kier molecular flexibility index (Phi) is 8.97. The molecule has 132 valence electrons. The van der Waals surface area contributed by atoms with Crippen LogP contribution in [-0.2, 0) is 9.47 Å². The summed E-state index contributed by atoms with van der Waals surface area (Å²) in [5.74, 6) is -2.94. The van der Waals surface area contributed by atoms with E-state index >= 15 is 0 Å². The summed E-state index contributed by atoms with van der Waals surface area (Å²) in [6.45, 7) is 8.14. The maximum atomic E-state index is 11.6. The largest absolute Gasteiger partial charge is 0.445 e. The minimum absolute atomic E-state index is 0.0263. The molecule has 0 radical (unpaired) electrons. The molecule has 0 bridgehead atoms. The minimum atomic E-state index is -2.20. The Hall–Kier alpha value is -2.06. The van der Waals surface area contributed by atoms with Crippen LogP contribution in [0.25, 0.3) is 0 Å². The van der Waals surface area contributed by atoms with Gasteiger partial charge in [0, 0.05) is 26.6 Å². The van der Waals surface area contributed by atoms with Crippen LogP contribution in [0, 0.1) is 5.92 Å². The Bertz CT molecular complexity index is 424. The van der Waals surface area contributed by atoms with Crippen molar-refractivity contribution < 1.29 is 29.3 Å². The number of amides is 2. The Labute approximate surface area is 136 Å². The van der Waals surface area contributed by atoms with E-state index in [1.165, 1.54) is 31.1 Å². The lowest BCUT2D eigenvalue weighted by molar-refractivity contribution is -0.204. The molecule has 0 saturated heterocycles. The molecule has 0 aromatic carbocycles. The second-order valence-electron chi connectivity index (χ2n) is 5.25. The van der Waals surface area contributed by atoms with Crippen molar-refractivity contribution in [2.75, 3.05) is 40.4 Å². The molecule has 0 spiro atoms. The van der Waals surface area contributed by atoms with Crippen molar-refractivity contribution in [3.05, 3.63) is 25.3 Å². The quantitative estimate of drug-likeness (QED) is 0.479. The standard InChI is InChI=1S/C15H26N2O6/c1-6-8-22-13(18)16(4)10-12(3)15(20,21)11-17(5)14(19)23-9-7-2/h6-7,12,20-21H,1-2,8-11H2,3-5H3. The number of aliphatic hydroxyl groups is 2. The molecule has 0 heterocycles. The number of carbonyl (C=O) groups excluding carboxylic acids is 2. The van der Waals surface area contributed by atoms with Gasteiger partial charge in [-0.25, -0.2) is 9.59 Å². The molecule has 2 N–H and O–H groups in total. The molecule has 8 nitrogen and oxygen atoms in total. The lowest BCUT2D eigenvalue weighted by atomic mass is 10.00. The van der Waals surface area contributed by atoms with Crippen molar-refractivity contribution in [1.82, 2.24) is 9.80 Å². The van der Waals surface area contributed by atoms with Gasteiger partial charge in [-0.15, -0.1) is 0 Å². The van der Waals surface area contributed by atoms with Gasteiger partial charge in [0.25, 0.3) is 0 Å². The third-order valence-electron chi connectivity index (χ3n) is 3.08. The van der Waals surface area contributed by atoms with E-state index in [-0.39, 0.29) is 26.3 Å². The van der Waals surface area contributed by atoms with Crippen molar-refractivity contribution >= 4 is 12.2 Å². The summed E-state index contributed by atoms with van der Waals surface area (Å²) in [6, 6.07) is 0. The SMILES string of the molecule is C=CCOC(=O)N(C)CC(C)C(O)(O)CN(C)C(=O)OCC=C. The molecule has 0 aromatic heterocycles. The highest BCUT2D eigenvalue weighted by molar-refractivity contribution is 5.67. The molecule has 2 amide bonds. The van der Waals surface area contributed by atoms with Crippen molar-refractivity contribution in [3.8, 4) is 0 Å². The van der Waals surface area contributed by atoms with Gasteiger partial charge in [-0.3, -0.25) is 0 Å². The van der Waals surface area contributed by atoms with Gasteiger partial charge in [-0.2, -0.15) is 0 Å². The van der Waals surface area contributed by atoms with Crippen molar-refractivity contribution in [2.24, 2.45) is 5.92 Å². The first-order valence-corrected chi connectivity index (χ1v) is 7.08. The van der Waals surface area contributed by atoms with Crippen molar-refractivity contribution in [3.63, 3.8) is 0 Å². The van der Waals surface area contributed by atoms with E-state index < -0.39 is 23.9 Å². The van der Waals surface area contributed by atoms with Crippen LogP contribution in [0.15, 0.2) is 25.3 Å². The van der Waals surface area contributed by atoms with Gasteiger partial charge in [0.05, 0.1) is 6.54 Å². The van der Waals surface area contributed by atoms with Crippen LogP contribution in [0.1, 0.15) is 6.92 Å². The molecule has 0 aromatic rings. The predicted octanol–water partition coefficient (Wildman–Crippen LogP) is 0.812. The van der Waals surface area contributed by atoms with E-state index in [1.54, 1.807) is 6.92 Å². The van der Waals surface area contributed by atoms with Gasteiger partial charge < -0.3 is 29.5 Å². The molecule has 0 aliphatic rings. The number of hydrogen-bond acceptors (Lipinski definition) is 6. The highest BCUT2D eigenvalue weighted by atomic mass is 16.6. The Morgan fingerprint density at radius 1 is 1.09 bits per heavy atom. The topological polar surface area (TPSA) is 99.5 Å². The van der Waals surface area contributed by atoms with E-state index in [9.17, 15) is 19.8 Å². The Morgan fingerprint density at radius 2 is 1.52 bits per heavy atom. The highest BCUT2D eigenvalue weighted by Gasteiger charge is 2.35. The molecule has 23 heavy (non-hydrogen) atoms. The average Bonchev–Trinajstić information content (AvgIpc) is 2.49. The van der Waals surface area contributed by atoms with E-state index in [0.717, 1.165) is 4.90 Å². The normalized spacial score (nSPS) is 12.0. The fourth-order valence-electron chi connectivity index (χ4n) is 1.68. The van der Waals surface area contributed by atoms with E-state index in [4.69, 9.17) is 9.47 Å². The smallest absolute Gasteiger partial charge is 0.409 e. The zero-order valence-corrected chi connectivity index (χ0v) is 13.9. The third-order valence-corrected chi connectivity index (χ3v) is 3.08. The average molecular weight is 330 g/mol. The first-order chi connectivity index (χ1) is 10.7. The summed E-state index contributed by atoms with van der Waals surface area (Å²) < 4.78 is 9.64. The second kappa shape index (κ2) is 9.86. The lowest BCUT2D eigenvalue weighted by Crippen LogP contribution is -2.51. The molecule has 8 heteroatoms. The van der Waals surface area contributed by atoms with Gasteiger partial charge in [0.1, 0.15) is 13.2 Å². The third kappa shape index (κ3) is 7.66. The first kappa shape index (κ1) is 20.9. The predicted molar refractivity (Wildman–Crippen MR) is 84.7 cm³/mol. The maximum absolute atomic E-state index is 11.6. The molecule has 0 aliphatic carbocycles. The van der Waals surface area contributed by atoms with Crippen LogP contribution in [0.4, 0.5) is 9.59 Å². The van der Waals surface area contributed by atoms with Gasteiger partial charge in [0.15, 0.2) is 5.79 Å². The Morgan fingerprint density at radius 3 is 1.96 bits per heavy atom. The van der Waals surface area contributed by atoms with Crippen LogP contribution in [-0.4, -0.2) is 78.4 Å². The molecular formula is C15H26N2O6. The van der Waals surface area contributed by atoms with Crippen LogP contribution in [0.2, 0.25) is 0 Å². The molecule has 0 aliphatic heterocycles. The van der Waals surface area contributed by atoms with Gasteiger partial charge in [0.2, 0.25) is 0 Å². The first-order valence-electron chi connectivity index (χ1n) is 7.08. The summed E-state index contributed by atoms with van der Waals surface area (Å²) >= 11 is 0.